The molecule has 1 radical (unpaired) electrons. The first kappa shape index (κ1) is 12.0. The van der Waals surface area contributed by atoms with Gasteiger partial charge < -0.3 is 5.73 Å². The minimum absolute atomic E-state index is 0.231. The van der Waals surface area contributed by atoms with Gasteiger partial charge in [0, 0.05) is 12.1 Å². The summed E-state index contributed by atoms with van der Waals surface area (Å²) in [5.41, 5.74) is 5.97. The van der Waals surface area contributed by atoms with E-state index in [9.17, 15) is 9.18 Å². The predicted octanol–water partition coefficient (Wildman–Crippen LogP) is 1.48. The molecule has 17 heavy (non-hydrogen) atoms. The van der Waals surface area contributed by atoms with Crippen molar-refractivity contribution in [2.75, 3.05) is 6.54 Å². The highest BCUT2D eigenvalue weighted by molar-refractivity contribution is 5.80. The van der Waals surface area contributed by atoms with E-state index in [4.69, 9.17) is 5.73 Å². The molecule has 1 aliphatic heterocycles. The number of carbonyl (C=O) groups excluding carboxylic acids is 1. The molecular formula is C13H16FN2O. The van der Waals surface area contributed by atoms with Crippen molar-refractivity contribution in [1.82, 2.24) is 4.90 Å². The number of likely N-dealkylation sites (tertiary alicyclic amines) is 1. The molecule has 1 unspecified atom stereocenters. The van der Waals surface area contributed by atoms with Crippen molar-refractivity contribution in [3.05, 3.63) is 42.1 Å². The first-order valence-corrected chi connectivity index (χ1v) is 5.77. The van der Waals surface area contributed by atoms with E-state index in [1.165, 1.54) is 6.07 Å². The quantitative estimate of drug-likeness (QED) is 0.862. The smallest absolute Gasteiger partial charge is 0.234 e. The summed E-state index contributed by atoms with van der Waals surface area (Å²) in [4.78, 5) is 13.3. The summed E-state index contributed by atoms with van der Waals surface area (Å²) < 4.78 is 13.5. The number of nitrogens with two attached hydrogens (primary N) is 1. The van der Waals surface area contributed by atoms with Gasteiger partial charge in [-0.15, -0.1) is 0 Å². The lowest BCUT2D eigenvalue weighted by atomic mass is 10.0. The lowest BCUT2D eigenvalue weighted by Crippen LogP contribution is -2.47. The number of hydrogen-bond acceptors (Lipinski definition) is 2. The summed E-state index contributed by atoms with van der Waals surface area (Å²) in [5.74, 6) is -0.567. The number of rotatable bonds is 3. The Morgan fingerprint density at radius 1 is 1.47 bits per heavy atom. The van der Waals surface area contributed by atoms with Gasteiger partial charge in [-0.3, -0.25) is 9.69 Å². The predicted molar refractivity (Wildman–Crippen MR) is 63.3 cm³/mol. The van der Waals surface area contributed by atoms with E-state index < -0.39 is 0 Å². The Balaban J connectivity index is 2.11. The van der Waals surface area contributed by atoms with Crippen LogP contribution in [0.1, 0.15) is 18.4 Å². The second-order valence-corrected chi connectivity index (χ2v) is 4.29. The van der Waals surface area contributed by atoms with Crippen LogP contribution in [0.4, 0.5) is 4.39 Å². The molecule has 1 amide bonds. The minimum Gasteiger partial charge on any atom is -0.368 e. The third-order valence-corrected chi connectivity index (χ3v) is 3.11. The van der Waals surface area contributed by atoms with Crippen LogP contribution in [0.5, 0.6) is 0 Å². The van der Waals surface area contributed by atoms with E-state index >= 15 is 0 Å². The SMILES string of the molecule is NC(=O)C1C[CH]CCN1Cc1ccccc1F. The Kier molecular flexibility index (Phi) is 3.74. The third-order valence-electron chi connectivity index (χ3n) is 3.11. The van der Waals surface area contributed by atoms with E-state index in [2.05, 4.69) is 6.42 Å². The highest BCUT2D eigenvalue weighted by Crippen LogP contribution is 2.19. The van der Waals surface area contributed by atoms with E-state index in [0.717, 1.165) is 13.0 Å². The second-order valence-electron chi connectivity index (χ2n) is 4.29. The maximum atomic E-state index is 13.5. The topological polar surface area (TPSA) is 46.3 Å². The monoisotopic (exact) mass is 235 g/mol. The summed E-state index contributed by atoms with van der Waals surface area (Å²) in [5, 5.41) is 0. The van der Waals surface area contributed by atoms with Gasteiger partial charge in [0.1, 0.15) is 5.82 Å². The summed E-state index contributed by atoms with van der Waals surface area (Å²) in [6.07, 6.45) is 3.63. The molecule has 0 saturated carbocycles. The number of amides is 1. The molecular weight excluding hydrogens is 219 g/mol. The number of hydrogen-bond donors (Lipinski definition) is 1. The summed E-state index contributed by atoms with van der Waals surface area (Å²) in [6, 6.07) is 6.33. The van der Waals surface area contributed by atoms with Crippen molar-refractivity contribution >= 4 is 5.91 Å². The van der Waals surface area contributed by atoms with Gasteiger partial charge in [-0.05, 0) is 31.9 Å². The zero-order valence-electron chi connectivity index (χ0n) is 9.60. The van der Waals surface area contributed by atoms with Crippen LogP contribution in [0.3, 0.4) is 0 Å². The molecule has 1 aromatic rings. The Bertz CT molecular complexity index is 408. The molecule has 0 spiro atoms. The molecule has 4 heteroatoms. The average Bonchev–Trinajstić information content (AvgIpc) is 2.32. The molecule has 2 N–H and O–H groups in total. The molecule has 1 atom stereocenters. The fourth-order valence-corrected chi connectivity index (χ4v) is 2.17. The Morgan fingerprint density at radius 3 is 2.94 bits per heavy atom. The van der Waals surface area contributed by atoms with Crippen molar-refractivity contribution in [3.8, 4) is 0 Å². The maximum Gasteiger partial charge on any atom is 0.234 e. The lowest BCUT2D eigenvalue weighted by Gasteiger charge is -2.33. The highest BCUT2D eigenvalue weighted by Gasteiger charge is 2.27. The number of benzene rings is 1. The van der Waals surface area contributed by atoms with Crippen LogP contribution < -0.4 is 5.73 Å². The van der Waals surface area contributed by atoms with E-state index in [1.807, 2.05) is 4.90 Å². The van der Waals surface area contributed by atoms with E-state index in [0.29, 0.717) is 18.5 Å². The van der Waals surface area contributed by atoms with Crippen molar-refractivity contribution in [3.63, 3.8) is 0 Å². The molecule has 1 fully saturated rings. The van der Waals surface area contributed by atoms with Crippen LogP contribution >= 0.6 is 0 Å². The fourth-order valence-electron chi connectivity index (χ4n) is 2.17. The standard InChI is InChI=1S/C13H16FN2O/c14-11-6-2-1-5-10(11)9-16-8-4-3-7-12(16)13(15)17/h1-3,5-6,12H,4,7-9H2,(H2,15,17). The fraction of sp³-hybridized carbons (Fsp3) is 0.385. The van der Waals surface area contributed by atoms with Crippen molar-refractivity contribution in [2.24, 2.45) is 5.73 Å². The van der Waals surface area contributed by atoms with Gasteiger partial charge in [-0.25, -0.2) is 4.39 Å². The van der Waals surface area contributed by atoms with Crippen LogP contribution in [-0.4, -0.2) is 23.4 Å². The van der Waals surface area contributed by atoms with Gasteiger partial charge in [0.15, 0.2) is 0 Å². The molecule has 2 rings (SSSR count). The largest absolute Gasteiger partial charge is 0.368 e. The van der Waals surface area contributed by atoms with Gasteiger partial charge in [-0.2, -0.15) is 0 Å². The van der Waals surface area contributed by atoms with Gasteiger partial charge in [0.05, 0.1) is 6.04 Å². The molecule has 1 saturated heterocycles. The number of primary amides is 1. The molecule has 3 nitrogen and oxygen atoms in total. The van der Waals surface area contributed by atoms with Gasteiger partial charge in [0.2, 0.25) is 5.91 Å². The Morgan fingerprint density at radius 2 is 2.24 bits per heavy atom. The number of piperidine rings is 1. The van der Waals surface area contributed by atoms with Crippen LogP contribution in [0.25, 0.3) is 0 Å². The Labute approximate surface area is 100 Å². The molecule has 1 heterocycles. The second kappa shape index (κ2) is 5.27. The zero-order chi connectivity index (χ0) is 12.3. The minimum atomic E-state index is -0.336. The first-order valence-electron chi connectivity index (χ1n) is 5.77. The van der Waals surface area contributed by atoms with Crippen LogP contribution in [0.2, 0.25) is 0 Å². The van der Waals surface area contributed by atoms with Gasteiger partial charge in [0.25, 0.3) is 0 Å². The molecule has 1 aromatic carbocycles. The highest BCUT2D eigenvalue weighted by atomic mass is 19.1. The number of halogens is 1. The van der Waals surface area contributed by atoms with Gasteiger partial charge >= 0.3 is 0 Å². The van der Waals surface area contributed by atoms with E-state index in [1.54, 1.807) is 18.2 Å². The van der Waals surface area contributed by atoms with Crippen LogP contribution in [-0.2, 0) is 11.3 Å². The summed E-state index contributed by atoms with van der Waals surface area (Å²) >= 11 is 0. The van der Waals surface area contributed by atoms with Crippen molar-refractivity contribution in [2.45, 2.75) is 25.4 Å². The summed E-state index contributed by atoms with van der Waals surface area (Å²) in [7, 11) is 0. The molecule has 0 bridgehead atoms. The first-order chi connectivity index (χ1) is 8.18. The van der Waals surface area contributed by atoms with E-state index in [-0.39, 0.29) is 17.8 Å². The van der Waals surface area contributed by atoms with Crippen molar-refractivity contribution < 1.29 is 9.18 Å². The molecule has 0 aliphatic carbocycles. The number of carbonyl (C=O) groups is 1. The normalized spacial score (nSPS) is 21.4. The summed E-state index contributed by atoms with van der Waals surface area (Å²) in [6.45, 7) is 1.19. The van der Waals surface area contributed by atoms with Gasteiger partial charge in [-0.1, -0.05) is 18.2 Å². The third kappa shape index (κ3) is 2.82. The lowest BCUT2D eigenvalue weighted by molar-refractivity contribution is -0.124. The van der Waals surface area contributed by atoms with Crippen LogP contribution in [0, 0.1) is 12.2 Å². The molecule has 1 aliphatic rings. The Hall–Kier alpha value is -1.42. The maximum absolute atomic E-state index is 13.5. The van der Waals surface area contributed by atoms with Crippen LogP contribution in [0.15, 0.2) is 24.3 Å². The number of nitrogens with zero attached hydrogens (tertiary/aromatic N) is 1. The molecule has 0 aromatic heterocycles. The molecule has 91 valence electrons. The van der Waals surface area contributed by atoms with Crippen molar-refractivity contribution in [1.29, 1.82) is 0 Å². The zero-order valence-corrected chi connectivity index (χ0v) is 9.60. The average molecular weight is 235 g/mol.